The first-order valence-corrected chi connectivity index (χ1v) is 4.91. The van der Waals surface area contributed by atoms with Gasteiger partial charge in [0.05, 0.1) is 17.4 Å². The van der Waals surface area contributed by atoms with Crippen LogP contribution in [0.1, 0.15) is 20.8 Å². The van der Waals surface area contributed by atoms with Crippen LogP contribution >= 0.6 is 0 Å². The summed E-state index contributed by atoms with van der Waals surface area (Å²) in [6, 6.07) is 5.76. The molecule has 15 heavy (non-hydrogen) atoms. The highest BCUT2D eigenvalue weighted by molar-refractivity contribution is 5.51. The molecular formula is C11H14N4. The fourth-order valence-corrected chi connectivity index (χ4v) is 1.22. The van der Waals surface area contributed by atoms with Crippen molar-refractivity contribution in [3.8, 4) is 11.4 Å². The Bertz CT molecular complexity index is 439. The topological polar surface area (TPSA) is 43.6 Å². The van der Waals surface area contributed by atoms with E-state index in [-0.39, 0.29) is 5.54 Å². The van der Waals surface area contributed by atoms with Crippen LogP contribution in [0, 0.1) is 0 Å². The molecule has 0 saturated heterocycles. The number of hydrogen-bond donors (Lipinski definition) is 0. The molecule has 0 aliphatic carbocycles. The third-order valence-corrected chi connectivity index (χ3v) is 2.11. The second kappa shape index (κ2) is 3.46. The van der Waals surface area contributed by atoms with Crippen LogP contribution in [0.5, 0.6) is 0 Å². The van der Waals surface area contributed by atoms with Crippen molar-refractivity contribution >= 4 is 0 Å². The summed E-state index contributed by atoms with van der Waals surface area (Å²) in [7, 11) is 0. The first-order valence-electron chi connectivity index (χ1n) is 4.91. The summed E-state index contributed by atoms with van der Waals surface area (Å²) in [5.74, 6) is 0. The van der Waals surface area contributed by atoms with Crippen LogP contribution in [0.3, 0.4) is 0 Å². The molecule has 0 amide bonds. The van der Waals surface area contributed by atoms with Gasteiger partial charge in [-0.1, -0.05) is 11.3 Å². The minimum atomic E-state index is -0.0416. The molecule has 0 atom stereocenters. The number of pyridine rings is 1. The van der Waals surface area contributed by atoms with Gasteiger partial charge in [0, 0.05) is 6.20 Å². The number of aromatic nitrogens is 4. The van der Waals surface area contributed by atoms with Crippen molar-refractivity contribution in [2.24, 2.45) is 0 Å². The lowest BCUT2D eigenvalue weighted by molar-refractivity contribution is 0.347. The van der Waals surface area contributed by atoms with Gasteiger partial charge in [-0.2, -0.15) is 0 Å². The van der Waals surface area contributed by atoms with Gasteiger partial charge in [-0.25, -0.2) is 4.68 Å². The summed E-state index contributed by atoms with van der Waals surface area (Å²) >= 11 is 0. The molecule has 0 aromatic carbocycles. The van der Waals surface area contributed by atoms with Gasteiger partial charge in [0.2, 0.25) is 0 Å². The zero-order valence-corrected chi connectivity index (χ0v) is 9.18. The van der Waals surface area contributed by atoms with E-state index in [9.17, 15) is 0 Å². The fraction of sp³-hybridized carbons (Fsp3) is 0.364. The summed E-state index contributed by atoms with van der Waals surface area (Å²) in [6.07, 6.45) is 3.67. The van der Waals surface area contributed by atoms with Gasteiger partial charge in [-0.05, 0) is 32.9 Å². The van der Waals surface area contributed by atoms with Gasteiger partial charge in [-0.15, -0.1) is 5.10 Å². The molecule has 0 unspecified atom stereocenters. The highest BCUT2D eigenvalue weighted by Gasteiger charge is 2.15. The van der Waals surface area contributed by atoms with Gasteiger partial charge >= 0.3 is 0 Å². The van der Waals surface area contributed by atoms with Crippen LogP contribution in [0.4, 0.5) is 0 Å². The Morgan fingerprint density at radius 3 is 2.47 bits per heavy atom. The Morgan fingerprint density at radius 2 is 1.93 bits per heavy atom. The smallest absolute Gasteiger partial charge is 0.131 e. The molecule has 78 valence electrons. The van der Waals surface area contributed by atoms with Gasteiger partial charge in [0.15, 0.2) is 0 Å². The molecule has 2 aromatic heterocycles. The molecule has 0 radical (unpaired) electrons. The lowest BCUT2D eigenvalue weighted by atomic mass is 10.1. The molecule has 4 nitrogen and oxygen atoms in total. The third kappa shape index (κ3) is 2.03. The van der Waals surface area contributed by atoms with Crippen molar-refractivity contribution in [3.05, 3.63) is 30.6 Å². The predicted octanol–water partition coefficient (Wildman–Crippen LogP) is 2.10. The largest absolute Gasteiger partial charge is 0.254 e. The lowest BCUT2D eigenvalue weighted by Crippen LogP contribution is -2.22. The first kappa shape index (κ1) is 9.83. The Morgan fingerprint density at radius 1 is 1.13 bits per heavy atom. The normalized spacial score (nSPS) is 11.7. The molecule has 0 bridgehead atoms. The van der Waals surface area contributed by atoms with E-state index in [0.29, 0.717) is 0 Å². The summed E-state index contributed by atoms with van der Waals surface area (Å²) in [6.45, 7) is 6.26. The average Bonchev–Trinajstić information content (AvgIpc) is 2.67. The standard InChI is InChI=1S/C11H14N4/c1-11(2,3)15-8-10(13-14-15)9-6-4-5-7-12-9/h4-8H,1-3H3. The van der Waals surface area contributed by atoms with E-state index in [1.165, 1.54) is 0 Å². The van der Waals surface area contributed by atoms with Gasteiger partial charge in [0.1, 0.15) is 5.69 Å². The van der Waals surface area contributed by atoms with E-state index in [0.717, 1.165) is 11.4 Å². The van der Waals surface area contributed by atoms with Crippen LogP contribution in [-0.2, 0) is 5.54 Å². The maximum absolute atomic E-state index is 4.23. The summed E-state index contributed by atoms with van der Waals surface area (Å²) in [5.41, 5.74) is 1.62. The Labute approximate surface area is 89.0 Å². The van der Waals surface area contributed by atoms with E-state index < -0.39 is 0 Å². The molecule has 2 rings (SSSR count). The Kier molecular flexibility index (Phi) is 2.26. The van der Waals surface area contributed by atoms with Crippen LogP contribution in [0.2, 0.25) is 0 Å². The molecule has 0 aliphatic rings. The second-order valence-corrected chi connectivity index (χ2v) is 4.43. The van der Waals surface area contributed by atoms with Crippen LogP contribution < -0.4 is 0 Å². The maximum Gasteiger partial charge on any atom is 0.131 e. The zero-order chi connectivity index (χ0) is 10.9. The molecule has 0 saturated carbocycles. The fourth-order valence-electron chi connectivity index (χ4n) is 1.22. The molecule has 2 aromatic rings. The van der Waals surface area contributed by atoms with Crippen LogP contribution in [0.25, 0.3) is 11.4 Å². The predicted molar refractivity (Wildman–Crippen MR) is 58.2 cm³/mol. The monoisotopic (exact) mass is 202 g/mol. The van der Waals surface area contributed by atoms with Crippen molar-refractivity contribution < 1.29 is 0 Å². The zero-order valence-electron chi connectivity index (χ0n) is 9.18. The first-order chi connectivity index (χ1) is 7.07. The van der Waals surface area contributed by atoms with Crippen molar-refractivity contribution in [3.63, 3.8) is 0 Å². The SMILES string of the molecule is CC(C)(C)n1cc(-c2ccccn2)nn1. The van der Waals surface area contributed by atoms with Crippen molar-refractivity contribution in [1.82, 2.24) is 20.0 Å². The van der Waals surface area contributed by atoms with Crippen LogP contribution in [-0.4, -0.2) is 20.0 Å². The number of rotatable bonds is 1. The van der Waals surface area contributed by atoms with E-state index in [1.807, 2.05) is 29.1 Å². The quantitative estimate of drug-likeness (QED) is 0.711. The van der Waals surface area contributed by atoms with E-state index in [1.54, 1.807) is 6.20 Å². The number of nitrogens with zero attached hydrogens (tertiary/aromatic N) is 4. The Hall–Kier alpha value is -1.71. The van der Waals surface area contributed by atoms with Crippen LogP contribution in [0.15, 0.2) is 30.6 Å². The molecule has 4 heteroatoms. The third-order valence-electron chi connectivity index (χ3n) is 2.11. The van der Waals surface area contributed by atoms with Crippen molar-refractivity contribution in [1.29, 1.82) is 0 Å². The van der Waals surface area contributed by atoms with Crippen molar-refractivity contribution in [2.45, 2.75) is 26.3 Å². The van der Waals surface area contributed by atoms with Crippen molar-refractivity contribution in [2.75, 3.05) is 0 Å². The summed E-state index contributed by atoms with van der Waals surface area (Å²) < 4.78 is 1.84. The molecule has 2 heterocycles. The molecule has 0 N–H and O–H groups in total. The van der Waals surface area contributed by atoms with E-state index in [4.69, 9.17) is 0 Å². The lowest BCUT2D eigenvalue weighted by Gasteiger charge is -2.17. The highest BCUT2D eigenvalue weighted by atomic mass is 15.4. The average molecular weight is 202 g/mol. The van der Waals surface area contributed by atoms with Gasteiger partial charge in [-0.3, -0.25) is 4.98 Å². The summed E-state index contributed by atoms with van der Waals surface area (Å²) in [5, 5.41) is 8.19. The minimum Gasteiger partial charge on any atom is -0.254 e. The van der Waals surface area contributed by atoms with E-state index >= 15 is 0 Å². The Balaban J connectivity index is 2.37. The molecule has 0 spiro atoms. The maximum atomic E-state index is 4.23. The van der Waals surface area contributed by atoms with E-state index in [2.05, 4.69) is 36.1 Å². The number of hydrogen-bond acceptors (Lipinski definition) is 3. The summed E-state index contributed by atoms with van der Waals surface area (Å²) in [4.78, 5) is 4.23. The molecule has 0 fully saturated rings. The minimum absolute atomic E-state index is 0.0416. The van der Waals surface area contributed by atoms with Gasteiger partial charge < -0.3 is 0 Å². The van der Waals surface area contributed by atoms with Gasteiger partial charge in [0.25, 0.3) is 0 Å². The molecule has 0 aliphatic heterocycles. The molecular weight excluding hydrogens is 188 g/mol. The highest BCUT2D eigenvalue weighted by Crippen LogP contribution is 2.17. The second-order valence-electron chi connectivity index (χ2n) is 4.43.